The molecular weight excluding hydrogens is 383 g/mol. The standard InChI is InChI=1S/C16H16BrFN2S2/c1-2-9-20(11-14-7-8-15(17)22-14)16(21)19-10-12-3-5-13(18)6-4-12/h2-8H,1,9-11H2,(H,19,21). The maximum Gasteiger partial charge on any atom is 0.169 e. The van der Waals surface area contributed by atoms with Crippen molar-refractivity contribution in [3.63, 3.8) is 0 Å². The molecule has 1 heterocycles. The van der Waals surface area contributed by atoms with Crippen LogP contribution in [0.3, 0.4) is 0 Å². The van der Waals surface area contributed by atoms with E-state index in [9.17, 15) is 4.39 Å². The molecule has 0 aliphatic heterocycles. The molecule has 0 unspecified atom stereocenters. The molecule has 1 N–H and O–H groups in total. The van der Waals surface area contributed by atoms with Crippen LogP contribution in [0.5, 0.6) is 0 Å². The highest BCUT2D eigenvalue weighted by Crippen LogP contribution is 2.23. The number of rotatable bonds is 6. The van der Waals surface area contributed by atoms with Crippen molar-refractivity contribution in [1.82, 2.24) is 10.2 Å². The smallest absolute Gasteiger partial charge is 0.169 e. The van der Waals surface area contributed by atoms with Gasteiger partial charge in [0, 0.05) is 18.0 Å². The molecule has 1 aromatic heterocycles. The highest BCUT2D eigenvalue weighted by Gasteiger charge is 2.10. The fraction of sp³-hybridized carbons (Fsp3) is 0.188. The number of thiophene rings is 1. The van der Waals surface area contributed by atoms with Crippen LogP contribution in [0.1, 0.15) is 10.4 Å². The Bertz CT molecular complexity index is 640. The third kappa shape index (κ3) is 5.19. The Labute approximate surface area is 147 Å². The van der Waals surface area contributed by atoms with Gasteiger partial charge in [0.15, 0.2) is 5.11 Å². The minimum Gasteiger partial charge on any atom is -0.358 e. The van der Waals surface area contributed by atoms with Crippen LogP contribution < -0.4 is 5.32 Å². The number of hydrogen-bond donors (Lipinski definition) is 1. The average molecular weight is 399 g/mol. The van der Waals surface area contributed by atoms with Crippen LogP contribution in [0.15, 0.2) is 52.8 Å². The second-order valence-corrected chi connectivity index (χ2v) is 7.59. The van der Waals surface area contributed by atoms with E-state index in [1.54, 1.807) is 23.5 Å². The maximum absolute atomic E-state index is 12.9. The van der Waals surface area contributed by atoms with E-state index in [1.807, 2.05) is 17.0 Å². The van der Waals surface area contributed by atoms with E-state index < -0.39 is 0 Å². The Hall–Kier alpha value is -1.24. The molecule has 0 saturated carbocycles. The topological polar surface area (TPSA) is 15.3 Å². The summed E-state index contributed by atoms with van der Waals surface area (Å²) >= 11 is 10.6. The average Bonchev–Trinajstić information content (AvgIpc) is 2.91. The van der Waals surface area contributed by atoms with Gasteiger partial charge in [-0.3, -0.25) is 0 Å². The molecule has 22 heavy (non-hydrogen) atoms. The summed E-state index contributed by atoms with van der Waals surface area (Å²) in [5.74, 6) is -0.233. The van der Waals surface area contributed by atoms with E-state index in [0.29, 0.717) is 18.2 Å². The van der Waals surface area contributed by atoms with Crippen LogP contribution in [-0.4, -0.2) is 16.6 Å². The summed E-state index contributed by atoms with van der Waals surface area (Å²) in [6, 6.07) is 10.5. The molecule has 0 spiro atoms. The van der Waals surface area contributed by atoms with Crippen molar-refractivity contribution in [2.75, 3.05) is 6.54 Å². The molecule has 0 atom stereocenters. The summed E-state index contributed by atoms with van der Waals surface area (Å²) in [7, 11) is 0. The lowest BCUT2D eigenvalue weighted by atomic mass is 10.2. The van der Waals surface area contributed by atoms with E-state index >= 15 is 0 Å². The van der Waals surface area contributed by atoms with Crippen molar-refractivity contribution in [1.29, 1.82) is 0 Å². The molecule has 0 saturated heterocycles. The molecule has 2 rings (SSSR count). The van der Waals surface area contributed by atoms with Gasteiger partial charge in [-0.1, -0.05) is 18.2 Å². The Kier molecular flexibility index (Phi) is 6.54. The van der Waals surface area contributed by atoms with E-state index in [4.69, 9.17) is 12.2 Å². The first-order chi connectivity index (χ1) is 10.6. The first kappa shape index (κ1) is 17.1. The lowest BCUT2D eigenvalue weighted by Gasteiger charge is -2.24. The molecule has 0 amide bonds. The number of benzene rings is 1. The summed E-state index contributed by atoms with van der Waals surface area (Å²) < 4.78 is 14.0. The number of hydrogen-bond acceptors (Lipinski definition) is 2. The van der Waals surface area contributed by atoms with Crippen LogP contribution in [0.2, 0.25) is 0 Å². The van der Waals surface area contributed by atoms with Crippen molar-refractivity contribution < 1.29 is 4.39 Å². The fourth-order valence-electron chi connectivity index (χ4n) is 1.89. The van der Waals surface area contributed by atoms with Crippen molar-refractivity contribution in [3.8, 4) is 0 Å². The quantitative estimate of drug-likeness (QED) is 0.559. The Morgan fingerprint density at radius 1 is 1.32 bits per heavy atom. The van der Waals surface area contributed by atoms with E-state index in [1.165, 1.54) is 17.0 Å². The van der Waals surface area contributed by atoms with Crippen LogP contribution in [-0.2, 0) is 13.1 Å². The Morgan fingerprint density at radius 3 is 2.64 bits per heavy atom. The minimum absolute atomic E-state index is 0.233. The summed E-state index contributed by atoms with van der Waals surface area (Å²) in [5.41, 5.74) is 0.987. The van der Waals surface area contributed by atoms with Gasteiger partial charge in [0.25, 0.3) is 0 Å². The highest BCUT2D eigenvalue weighted by atomic mass is 79.9. The summed E-state index contributed by atoms with van der Waals surface area (Å²) in [6.45, 7) is 5.76. The van der Waals surface area contributed by atoms with Crippen LogP contribution >= 0.6 is 39.5 Å². The molecule has 0 radical (unpaired) electrons. The normalized spacial score (nSPS) is 10.3. The maximum atomic E-state index is 12.9. The van der Waals surface area contributed by atoms with Crippen molar-refractivity contribution >= 4 is 44.6 Å². The molecule has 0 aliphatic rings. The van der Waals surface area contributed by atoms with Crippen molar-refractivity contribution in [2.45, 2.75) is 13.1 Å². The van der Waals surface area contributed by atoms with Gasteiger partial charge in [0.1, 0.15) is 5.82 Å². The predicted molar refractivity (Wildman–Crippen MR) is 98.5 cm³/mol. The van der Waals surface area contributed by atoms with Crippen molar-refractivity contribution in [2.24, 2.45) is 0 Å². The third-order valence-electron chi connectivity index (χ3n) is 2.97. The fourth-order valence-corrected chi connectivity index (χ4v) is 3.60. The van der Waals surface area contributed by atoms with Gasteiger partial charge in [0.05, 0.1) is 10.3 Å². The van der Waals surface area contributed by atoms with E-state index in [0.717, 1.165) is 15.9 Å². The van der Waals surface area contributed by atoms with Gasteiger partial charge in [-0.2, -0.15) is 0 Å². The second-order valence-electron chi connectivity index (χ2n) is 4.66. The van der Waals surface area contributed by atoms with Gasteiger partial charge in [-0.25, -0.2) is 4.39 Å². The summed E-state index contributed by atoms with van der Waals surface area (Å²) in [4.78, 5) is 3.27. The lowest BCUT2D eigenvalue weighted by Crippen LogP contribution is -2.38. The zero-order chi connectivity index (χ0) is 15.9. The molecule has 1 aromatic carbocycles. The van der Waals surface area contributed by atoms with Gasteiger partial charge in [-0.05, 0) is 58.0 Å². The third-order valence-corrected chi connectivity index (χ3v) is 4.98. The van der Waals surface area contributed by atoms with Gasteiger partial charge >= 0.3 is 0 Å². The van der Waals surface area contributed by atoms with Crippen molar-refractivity contribution in [3.05, 3.63) is 69.1 Å². The van der Waals surface area contributed by atoms with E-state index in [2.05, 4.69) is 33.9 Å². The number of halogens is 2. The Morgan fingerprint density at radius 2 is 2.05 bits per heavy atom. The zero-order valence-electron chi connectivity index (χ0n) is 11.9. The molecular formula is C16H16BrFN2S2. The summed E-state index contributed by atoms with van der Waals surface area (Å²) in [5, 5.41) is 3.87. The largest absolute Gasteiger partial charge is 0.358 e. The highest BCUT2D eigenvalue weighted by molar-refractivity contribution is 9.11. The van der Waals surface area contributed by atoms with Crippen LogP contribution in [0, 0.1) is 5.82 Å². The molecule has 116 valence electrons. The van der Waals surface area contributed by atoms with Gasteiger partial charge in [0.2, 0.25) is 0 Å². The first-order valence-electron chi connectivity index (χ1n) is 6.71. The molecule has 0 aliphatic carbocycles. The monoisotopic (exact) mass is 398 g/mol. The predicted octanol–water partition coefficient (Wildman–Crippen LogP) is 4.71. The molecule has 2 nitrogen and oxygen atoms in total. The molecule has 6 heteroatoms. The van der Waals surface area contributed by atoms with Gasteiger partial charge < -0.3 is 10.2 Å². The molecule has 2 aromatic rings. The SMILES string of the molecule is C=CCN(Cc1ccc(Br)s1)C(=S)NCc1ccc(F)cc1. The molecule has 0 bridgehead atoms. The minimum atomic E-state index is -0.233. The first-order valence-corrected chi connectivity index (χ1v) is 8.72. The van der Waals surface area contributed by atoms with Crippen LogP contribution in [0.4, 0.5) is 4.39 Å². The van der Waals surface area contributed by atoms with E-state index in [-0.39, 0.29) is 5.82 Å². The number of nitrogens with one attached hydrogen (secondary N) is 1. The number of thiocarbonyl (C=S) groups is 1. The van der Waals surface area contributed by atoms with Crippen LogP contribution in [0.25, 0.3) is 0 Å². The summed E-state index contributed by atoms with van der Waals surface area (Å²) in [6.07, 6.45) is 1.83. The zero-order valence-corrected chi connectivity index (χ0v) is 15.1. The lowest BCUT2D eigenvalue weighted by molar-refractivity contribution is 0.451. The Balaban J connectivity index is 1.93. The molecule has 0 fully saturated rings. The number of nitrogens with zero attached hydrogens (tertiary/aromatic N) is 1. The second kappa shape index (κ2) is 8.41. The van der Waals surface area contributed by atoms with Gasteiger partial charge in [-0.15, -0.1) is 17.9 Å².